The van der Waals surface area contributed by atoms with Gasteiger partial charge in [0.1, 0.15) is 0 Å². The molecule has 1 aliphatic heterocycles. The third kappa shape index (κ3) is 3.19. The van der Waals surface area contributed by atoms with Crippen LogP contribution in [0.15, 0.2) is 0 Å². The molecule has 2 rings (SSSR count). The van der Waals surface area contributed by atoms with E-state index in [9.17, 15) is 0 Å². The maximum atomic E-state index is 5.77. The van der Waals surface area contributed by atoms with Crippen LogP contribution in [-0.2, 0) is 9.47 Å². The standard InChI is InChI=1S/C13H25NO2/c1-11(2)16-10-13(5-6-13)9-14-7-4-12(8-14)15-3/h11-12H,4-10H2,1-3H3/t12-/m0/s1. The van der Waals surface area contributed by atoms with Crippen molar-refractivity contribution in [3.8, 4) is 0 Å². The van der Waals surface area contributed by atoms with Gasteiger partial charge in [-0.15, -0.1) is 0 Å². The highest BCUT2D eigenvalue weighted by Crippen LogP contribution is 2.47. The first kappa shape index (κ1) is 12.3. The summed E-state index contributed by atoms with van der Waals surface area (Å²) >= 11 is 0. The van der Waals surface area contributed by atoms with Gasteiger partial charge in [-0.05, 0) is 33.1 Å². The molecule has 1 heterocycles. The number of rotatable bonds is 6. The highest BCUT2D eigenvalue weighted by atomic mass is 16.5. The van der Waals surface area contributed by atoms with Crippen LogP contribution >= 0.6 is 0 Å². The fraction of sp³-hybridized carbons (Fsp3) is 1.00. The molecular formula is C13H25NO2. The summed E-state index contributed by atoms with van der Waals surface area (Å²) in [6.07, 6.45) is 4.70. The Balaban J connectivity index is 1.72. The zero-order valence-corrected chi connectivity index (χ0v) is 10.9. The van der Waals surface area contributed by atoms with E-state index >= 15 is 0 Å². The lowest BCUT2D eigenvalue weighted by Gasteiger charge is -2.24. The minimum atomic E-state index is 0.364. The second-order valence-electron chi connectivity index (χ2n) is 5.74. The van der Waals surface area contributed by atoms with E-state index < -0.39 is 0 Å². The molecule has 1 saturated carbocycles. The van der Waals surface area contributed by atoms with Crippen LogP contribution in [0.3, 0.4) is 0 Å². The summed E-state index contributed by atoms with van der Waals surface area (Å²) < 4.78 is 11.2. The first-order valence-corrected chi connectivity index (χ1v) is 6.50. The summed E-state index contributed by atoms with van der Waals surface area (Å²) in [6, 6.07) is 0. The number of likely N-dealkylation sites (tertiary alicyclic amines) is 1. The molecule has 0 amide bonds. The van der Waals surface area contributed by atoms with Crippen LogP contribution in [-0.4, -0.2) is 50.5 Å². The van der Waals surface area contributed by atoms with Crippen molar-refractivity contribution in [1.82, 2.24) is 4.90 Å². The quantitative estimate of drug-likeness (QED) is 0.692. The van der Waals surface area contributed by atoms with Crippen LogP contribution in [0.2, 0.25) is 0 Å². The fourth-order valence-corrected chi connectivity index (χ4v) is 2.48. The predicted molar refractivity (Wildman–Crippen MR) is 64.6 cm³/mol. The Morgan fingerprint density at radius 3 is 2.62 bits per heavy atom. The SMILES string of the molecule is CO[C@H]1CCN(CC2(COC(C)C)CC2)C1. The summed E-state index contributed by atoms with van der Waals surface area (Å²) in [5.41, 5.74) is 0.479. The lowest BCUT2D eigenvalue weighted by Crippen LogP contribution is -2.32. The van der Waals surface area contributed by atoms with Crippen LogP contribution in [0.4, 0.5) is 0 Å². The van der Waals surface area contributed by atoms with Crippen molar-refractivity contribution in [1.29, 1.82) is 0 Å². The fourth-order valence-electron chi connectivity index (χ4n) is 2.48. The number of methoxy groups -OCH3 is 1. The van der Waals surface area contributed by atoms with Crippen LogP contribution in [0.1, 0.15) is 33.1 Å². The third-order valence-corrected chi connectivity index (χ3v) is 3.80. The van der Waals surface area contributed by atoms with Gasteiger partial charge in [-0.2, -0.15) is 0 Å². The van der Waals surface area contributed by atoms with Crippen molar-refractivity contribution >= 4 is 0 Å². The van der Waals surface area contributed by atoms with Crippen molar-refractivity contribution in [2.75, 3.05) is 33.4 Å². The highest BCUT2D eigenvalue weighted by molar-refractivity contribution is 4.97. The van der Waals surface area contributed by atoms with Gasteiger partial charge in [-0.3, -0.25) is 0 Å². The van der Waals surface area contributed by atoms with E-state index in [4.69, 9.17) is 9.47 Å². The molecule has 0 bridgehead atoms. The van der Waals surface area contributed by atoms with E-state index in [1.165, 1.54) is 32.4 Å². The minimum Gasteiger partial charge on any atom is -0.380 e. The Labute approximate surface area is 99.1 Å². The van der Waals surface area contributed by atoms with E-state index in [-0.39, 0.29) is 0 Å². The van der Waals surface area contributed by atoms with Gasteiger partial charge in [0.05, 0.1) is 18.8 Å². The van der Waals surface area contributed by atoms with E-state index in [2.05, 4.69) is 18.7 Å². The van der Waals surface area contributed by atoms with Gasteiger partial charge in [0.15, 0.2) is 0 Å². The summed E-state index contributed by atoms with van der Waals surface area (Å²) in [5, 5.41) is 0. The van der Waals surface area contributed by atoms with E-state index in [0.717, 1.165) is 13.2 Å². The van der Waals surface area contributed by atoms with E-state index in [1.54, 1.807) is 0 Å². The van der Waals surface area contributed by atoms with Gasteiger partial charge >= 0.3 is 0 Å². The van der Waals surface area contributed by atoms with Crippen LogP contribution in [0.5, 0.6) is 0 Å². The third-order valence-electron chi connectivity index (χ3n) is 3.80. The molecule has 0 aromatic rings. The molecule has 3 heteroatoms. The lowest BCUT2D eigenvalue weighted by atomic mass is 10.1. The molecule has 0 spiro atoms. The van der Waals surface area contributed by atoms with Crippen molar-refractivity contribution in [2.24, 2.45) is 5.41 Å². The molecule has 0 aromatic heterocycles. The summed E-state index contributed by atoms with van der Waals surface area (Å²) in [6.45, 7) is 8.69. The molecule has 0 radical (unpaired) electrons. The van der Waals surface area contributed by atoms with Crippen molar-refractivity contribution in [3.63, 3.8) is 0 Å². The molecule has 0 N–H and O–H groups in total. The summed E-state index contributed by atoms with van der Waals surface area (Å²) in [4.78, 5) is 2.55. The Morgan fingerprint density at radius 1 is 1.38 bits per heavy atom. The topological polar surface area (TPSA) is 21.7 Å². The lowest BCUT2D eigenvalue weighted by molar-refractivity contribution is 0.0310. The number of hydrogen-bond acceptors (Lipinski definition) is 3. The first-order chi connectivity index (χ1) is 7.63. The Bertz CT molecular complexity index is 226. The molecule has 0 aromatic carbocycles. The normalized spacial score (nSPS) is 28.9. The van der Waals surface area contributed by atoms with Crippen molar-refractivity contribution in [2.45, 2.75) is 45.3 Å². The van der Waals surface area contributed by atoms with Crippen molar-refractivity contribution in [3.05, 3.63) is 0 Å². The zero-order valence-electron chi connectivity index (χ0n) is 10.9. The van der Waals surface area contributed by atoms with Gasteiger partial charge < -0.3 is 14.4 Å². The largest absolute Gasteiger partial charge is 0.380 e. The van der Waals surface area contributed by atoms with Crippen LogP contribution < -0.4 is 0 Å². The number of nitrogens with zero attached hydrogens (tertiary/aromatic N) is 1. The maximum Gasteiger partial charge on any atom is 0.0710 e. The molecular weight excluding hydrogens is 202 g/mol. The molecule has 1 atom stereocenters. The minimum absolute atomic E-state index is 0.364. The van der Waals surface area contributed by atoms with Gasteiger partial charge in [0, 0.05) is 32.2 Å². The zero-order chi connectivity index (χ0) is 11.6. The second kappa shape index (κ2) is 5.03. The van der Waals surface area contributed by atoms with Crippen LogP contribution in [0, 0.1) is 5.41 Å². The van der Waals surface area contributed by atoms with E-state index in [0.29, 0.717) is 17.6 Å². The summed E-state index contributed by atoms with van der Waals surface area (Å²) in [7, 11) is 1.82. The molecule has 2 fully saturated rings. The maximum absolute atomic E-state index is 5.77. The number of hydrogen-bond donors (Lipinski definition) is 0. The second-order valence-corrected chi connectivity index (χ2v) is 5.74. The van der Waals surface area contributed by atoms with Crippen molar-refractivity contribution < 1.29 is 9.47 Å². The summed E-state index contributed by atoms with van der Waals surface area (Å²) in [5.74, 6) is 0. The Morgan fingerprint density at radius 2 is 2.12 bits per heavy atom. The smallest absolute Gasteiger partial charge is 0.0710 e. The Hall–Kier alpha value is -0.120. The number of ether oxygens (including phenoxy) is 2. The molecule has 16 heavy (non-hydrogen) atoms. The monoisotopic (exact) mass is 227 g/mol. The molecule has 1 aliphatic carbocycles. The molecule has 0 unspecified atom stereocenters. The van der Waals surface area contributed by atoms with Gasteiger partial charge in [-0.1, -0.05) is 0 Å². The van der Waals surface area contributed by atoms with Gasteiger partial charge in [0.25, 0.3) is 0 Å². The molecule has 1 saturated heterocycles. The first-order valence-electron chi connectivity index (χ1n) is 6.50. The average molecular weight is 227 g/mol. The van der Waals surface area contributed by atoms with Gasteiger partial charge in [-0.25, -0.2) is 0 Å². The molecule has 2 aliphatic rings. The predicted octanol–water partition coefficient (Wildman–Crippen LogP) is 1.91. The average Bonchev–Trinajstić information content (AvgIpc) is 2.86. The molecule has 94 valence electrons. The van der Waals surface area contributed by atoms with Gasteiger partial charge in [0.2, 0.25) is 0 Å². The molecule has 3 nitrogen and oxygen atoms in total. The Kier molecular flexibility index (Phi) is 3.88. The van der Waals surface area contributed by atoms with E-state index in [1.807, 2.05) is 7.11 Å². The highest BCUT2D eigenvalue weighted by Gasteiger charge is 2.45. The van der Waals surface area contributed by atoms with Crippen LogP contribution in [0.25, 0.3) is 0 Å².